The van der Waals surface area contributed by atoms with Crippen LogP contribution in [0.3, 0.4) is 0 Å². The maximum atomic E-state index is 5.42. The second-order valence-electron chi connectivity index (χ2n) is 5.60. The van der Waals surface area contributed by atoms with Crippen molar-refractivity contribution in [2.45, 2.75) is 13.5 Å². The van der Waals surface area contributed by atoms with Crippen molar-refractivity contribution >= 4 is 5.96 Å². The van der Waals surface area contributed by atoms with Crippen LogP contribution in [0.2, 0.25) is 0 Å². The maximum absolute atomic E-state index is 5.42. The number of ether oxygens (including phenoxy) is 3. The summed E-state index contributed by atoms with van der Waals surface area (Å²) in [6.45, 7) is 6.77. The van der Waals surface area contributed by atoms with Gasteiger partial charge < -0.3 is 29.7 Å². The summed E-state index contributed by atoms with van der Waals surface area (Å²) in [5, 5.41) is 6.61. The van der Waals surface area contributed by atoms with Gasteiger partial charge in [-0.2, -0.15) is 0 Å². The number of benzene rings is 1. The van der Waals surface area contributed by atoms with Crippen LogP contribution < -0.4 is 20.1 Å². The minimum absolute atomic E-state index is 0.530. The zero-order chi connectivity index (χ0) is 18.5. The van der Waals surface area contributed by atoms with Gasteiger partial charge in [0.2, 0.25) is 0 Å². The maximum Gasteiger partial charge on any atom is 0.191 e. The largest absolute Gasteiger partial charge is 0.497 e. The summed E-state index contributed by atoms with van der Waals surface area (Å²) in [6.07, 6.45) is 0. The van der Waals surface area contributed by atoms with Crippen LogP contribution in [0.5, 0.6) is 11.5 Å². The Hall–Kier alpha value is -1.99. The van der Waals surface area contributed by atoms with Crippen molar-refractivity contribution in [1.82, 2.24) is 15.5 Å². The highest BCUT2D eigenvalue weighted by atomic mass is 16.5. The van der Waals surface area contributed by atoms with E-state index in [0.717, 1.165) is 55.8 Å². The van der Waals surface area contributed by atoms with Gasteiger partial charge in [0.1, 0.15) is 11.5 Å². The Labute approximate surface area is 151 Å². The number of likely N-dealkylation sites (N-methyl/N-ethyl adjacent to an activating group) is 1. The molecule has 0 heterocycles. The molecule has 25 heavy (non-hydrogen) atoms. The van der Waals surface area contributed by atoms with Crippen LogP contribution in [-0.4, -0.2) is 72.0 Å². The molecule has 0 bridgehead atoms. The SMILES string of the molecule is CCNC(=NCc1ccc(OC)cc1OC)NCCN(C)CCOC. The molecule has 0 saturated carbocycles. The van der Waals surface area contributed by atoms with Crippen molar-refractivity contribution in [3.63, 3.8) is 0 Å². The predicted octanol–water partition coefficient (Wildman–Crippen LogP) is 1.34. The molecule has 1 aromatic rings. The van der Waals surface area contributed by atoms with Gasteiger partial charge in [0.25, 0.3) is 0 Å². The monoisotopic (exact) mass is 352 g/mol. The van der Waals surface area contributed by atoms with Crippen LogP contribution in [-0.2, 0) is 11.3 Å². The Balaban J connectivity index is 2.60. The van der Waals surface area contributed by atoms with E-state index in [9.17, 15) is 0 Å². The van der Waals surface area contributed by atoms with E-state index in [-0.39, 0.29) is 0 Å². The summed E-state index contributed by atoms with van der Waals surface area (Å²) >= 11 is 0. The molecule has 0 unspecified atom stereocenters. The first kappa shape index (κ1) is 21.1. The molecule has 2 N–H and O–H groups in total. The van der Waals surface area contributed by atoms with Crippen molar-refractivity contribution in [1.29, 1.82) is 0 Å². The van der Waals surface area contributed by atoms with E-state index in [2.05, 4.69) is 34.5 Å². The molecule has 0 saturated heterocycles. The zero-order valence-electron chi connectivity index (χ0n) is 16.1. The first-order valence-electron chi connectivity index (χ1n) is 8.55. The van der Waals surface area contributed by atoms with E-state index in [1.165, 1.54) is 0 Å². The average Bonchev–Trinajstić information content (AvgIpc) is 2.64. The number of hydrogen-bond donors (Lipinski definition) is 2. The molecule has 0 aliphatic rings. The van der Waals surface area contributed by atoms with E-state index in [0.29, 0.717) is 6.54 Å². The Morgan fingerprint density at radius 2 is 1.92 bits per heavy atom. The van der Waals surface area contributed by atoms with E-state index in [4.69, 9.17) is 14.2 Å². The second kappa shape index (κ2) is 12.4. The fourth-order valence-electron chi connectivity index (χ4n) is 2.21. The first-order chi connectivity index (χ1) is 12.1. The smallest absolute Gasteiger partial charge is 0.191 e. The van der Waals surface area contributed by atoms with Crippen molar-refractivity contribution in [3.05, 3.63) is 23.8 Å². The molecule has 0 amide bonds. The molecule has 1 aromatic carbocycles. The van der Waals surface area contributed by atoms with Gasteiger partial charge in [-0.1, -0.05) is 0 Å². The standard InChI is InChI=1S/C18H32N4O3/c1-6-19-18(20-9-10-22(2)11-12-23-3)21-14-15-7-8-16(24-4)13-17(15)25-5/h7-8,13H,6,9-12,14H2,1-5H3,(H2,19,20,21). The van der Waals surface area contributed by atoms with E-state index >= 15 is 0 Å². The fraction of sp³-hybridized carbons (Fsp3) is 0.611. The molecule has 7 heteroatoms. The van der Waals surface area contributed by atoms with Gasteiger partial charge in [0.05, 0.1) is 27.4 Å². The Morgan fingerprint density at radius 3 is 2.56 bits per heavy atom. The number of nitrogens with zero attached hydrogens (tertiary/aromatic N) is 2. The summed E-state index contributed by atoms with van der Waals surface area (Å²) in [5.74, 6) is 2.34. The summed E-state index contributed by atoms with van der Waals surface area (Å²) < 4.78 is 15.7. The molecule has 142 valence electrons. The molecule has 0 spiro atoms. The number of methoxy groups -OCH3 is 3. The zero-order valence-corrected chi connectivity index (χ0v) is 16.1. The van der Waals surface area contributed by atoms with Gasteiger partial charge in [0.15, 0.2) is 5.96 Å². The minimum Gasteiger partial charge on any atom is -0.497 e. The van der Waals surface area contributed by atoms with Gasteiger partial charge in [-0.25, -0.2) is 4.99 Å². The second-order valence-corrected chi connectivity index (χ2v) is 5.60. The lowest BCUT2D eigenvalue weighted by Crippen LogP contribution is -2.41. The molecule has 0 fully saturated rings. The molecule has 7 nitrogen and oxygen atoms in total. The third kappa shape index (κ3) is 8.09. The van der Waals surface area contributed by atoms with Crippen LogP contribution in [0.4, 0.5) is 0 Å². The fourth-order valence-corrected chi connectivity index (χ4v) is 2.21. The highest BCUT2D eigenvalue weighted by Crippen LogP contribution is 2.25. The van der Waals surface area contributed by atoms with E-state index < -0.39 is 0 Å². The van der Waals surface area contributed by atoms with Crippen LogP contribution in [0.15, 0.2) is 23.2 Å². The number of aliphatic imine (C=N–C) groups is 1. The normalized spacial score (nSPS) is 11.5. The summed E-state index contributed by atoms with van der Waals surface area (Å²) in [4.78, 5) is 6.85. The van der Waals surface area contributed by atoms with Crippen LogP contribution in [0.1, 0.15) is 12.5 Å². The lowest BCUT2D eigenvalue weighted by Gasteiger charge is -2.18. The number of nitrogens with one attached hydrogen (secondary N) is 2. The number of rotatable bonds is 11. The Morgan fingerprint density at radius 1 is 1.12 bits per heavy atom. The average molecular weight is 352 g/mol. The summed E-state index contributed by atoms with van der Waals surface area (Å²) in [6, 6.07) is 5.76. The van der Waals surface area contributed by atoms with Gasteiger partial charge in [-0.05, 0) is 26.1 Å². The lowest BCUT2D eigenvalue weighted by atomic mass is 10.2. The topological polar surface area (TPSA) is 67.4 Å². The molecular weight excluding hydrogens is 320 g/mol. The highest BCUT2D eigenvalue weighted by molar-refractivity contribution is 5.79. The van der Waals surface area contributed by atoms with Crippen LogP contribution in [0.25, 0.3) is 0 Å². The molecule has 0 atom stereocenters. The molecular formula is C18H32N4O3. The first-order valence-corrected chi connectivity index (χ1v) is 8.55. The molecule has 0 radical (unpaired) electrons. The third-order valence-corrected chi connectivity index (χ3v) is 3.71. The van der Waals surface area contributed by atoms with Crippen molar-refractivity contribution in [3.8, 4) is 11.5 Å². The predicted molar refractivity (Wildman–Crippen MR) is 102 cm³/mol. The molecule has 0 aromatic heterocycles. The molecule has 0 aliphatic carbocycles. The van der Waals surface area contributed by atoms with Crippen LogP contribution >= 0.6 is 0 Å². The van der Waals surface area contributed by atoms with E-state index in [1.807, 2.05) is 18.2 Å². The Kier molecular flexibility index (Phi) is 10.4. The van der Waals surface area contributed by atoms with Crippen molar-refractivity contribution in [2.75, 3.05) is 61.2 Å². The van der Waals surface area contributed by atoms with Gasteiger partial charge in [-0.3, -0.25) is 0 Å². The molecule has 0 aliphatic heterocycles. The van der Waals surface area contributed by atoms with E-state index in [1.54, 1.807) is 21.3 Å². The van der Waals surface area contributed by atoms with Crippen molar-refractivity contribution < 1.29 is 14.2 Å². The van der Waals surface area contributed by atoms with Gasteiger partial charge in [-0.15, -0.1) is 0 Å². The summed E-state index contributed by atoms with van der Waals surface area (Å²) in [5.41, 5.74) is 1.01. The van der Waals surface area contributed by atoms with Crippen molar-refractivity contribution in [2.24, 2.45) is 4.99 Å². The summed E-state index contributed by atoms with van der Waals surface area (Å²) in [7, 11) is 7.09. The van der Waals surface area contributed by atoms with Gasteiger partial charge >= 0.3 is 0 Å². The lowest BCUT2D eigenvalue weighted by molar-refractivity contribution is 0.162. The quantitative estimate of drug-likeness (QED) is 0.463. The third-order valence-electron chi connectivity index (χ3n) is 3.71. The van der Waals surface area contributed by atoms with Crippen LogP contribution in [0, 0.1) is 0 Å². The highest BCUT2D eigenvalue weighted by Gasteiger charge is 2.06. The Bertz CT molecular complexity index is 523. The number of guanidine groups is 1. The molecule has 1 rings (SSSR count). The minimum atomic E-state index is 0.530. The number of hydrogen-bond acceptors (Lipinski definition) is 5. The van der Waals surface area contributed by atoms with Gasteiger partial charge in [0, 0.05) is 44.9 Å².